The van der Waals surface area contributed by atoms with Crippen LogP contribution in [-0.4, -0.2) is 32.0 Å². The molecule has 8 heteroatoms. The fraction of sp³-hybridized carbons (Fsp3) is 0.250. The van der Waals surface area contributed by atoms with E-state index in [9.17, 15) is 13.2 Å². The first-order chi connectivity index (χ1) is 15.4. The Morgan fingerprint density at radius 2 is 1.75 bits per heavy atom. The normalized spacial score (nSPS) is 12.2. The molecule has 0 saturated heterocycles. The van der Waals surface area contributed by atoms with Gasteiger partial charge in [0.05, 0.1) is 11.5 Å². The van der Waals surface area contributed by atoms with Crippen molar-refractivity contribution >= 4 is 15.9 Å². The smallest absolute Gasteiger partial charge is 0.241 e. The van der Waals surface area contributed by atoms with E-state index in [1.54, 1.807) is 43.6 Å². The van der Waals surface area contributed by atoms with Gasteiger partial charge in [0.1, 0.15) is 11.8 Å². The molecule has 0 spiro atoms. The van der Waals surface area contributed by atoms with Crippen LogP contribution < -0.4 is 14.8 Å². The SMILES string of the molecule is CCOc1ccc(S(=O)(=O)N[C@H](Cc2ccccc2)C(=O)NCc2ccncc2)cc1C. The number of nitrogens with one attached hydrogen (secondary N) is 2. The van der Waals surface area contributed by atoms with Gasteiger partial charge in [-0.05, 0) is 67.3 Å². The van der Waals surface area contributed by atoms with E-state index < -0.39 is 22.0 Å². The van der Waals surface area contributed by atoms with Gasteiger partial charge in [-0.3, -0.25) is 9.78 Å². The van der Waals surface area contributed by atoms with Crippen LogP contribution in [0.25, 0.3) is 0 Å². The Balaban J connectivity index is 1.80. The first-order valence-corrected chi connectivity index (χ1v) is 11.8. The molecule has 3 rings (SSSR count). The van der Waals surface area contributed by atoms with E-state index in [0.717, 1.165) is 11.1 Å². The van der Waals surface area contributed by atoms with Gasteiger partial charge < -0.3 is 10.1 Å². The van der Waals surface area contributed by atoms with E-state index in [0.29, 0.717) is 17.9 Å². The largest absolute Gasteiger partial charge is 0.494 e. The molecule has 0 aliphatic rings. The lowest BCUT2D eigenvalue weighted by Crippen LogP contribution is -2.47. The Labute approximate surface area is 188 Å². The third-order valence-corrected chi connectivity index (χ3v) is 6.34. The average Bonchev–Trinajstić information content (AvgIpc) is 2.79. The summed E-state index contributed by atoms with van der Waals surface area (Å²) in [4.78, 5) is 17.0. The lowest BCUT2D eigenvalue weighted by atomic mass is 10.1. The summed E-state index contributed by atoms with van der Waals surface area (Å²) < 4.78 is 34.3. The van der Waals surface area contributed by atoms with Crippen LogP contribution in [0.15, 0.2) is 78.0 Å². The van der Waals surface area contributed by atoms with Crippen LogP contribution in [0.5, 0.6) is 5.75 Å². The number of aryl methyl sites for hydroxylation is 1. The Hall–Kier alpha value is -3.23. The number of ether oxygens (including phenoxy) is 1. The maximum atomic E-state index is 13.1. The van der Waals surface area contributed by atoms with E-state index >= 15 is 0 Å². The van der Waals surface area contributed by atoms with Gasteiger partial charge >= 0.3 is 0 Å². The van der Waals surface area contributed by atoms with Gasteiger partial charge in [-0.25, -0.2) is 8.42 Å². The van der Waals surface area contributed by atoms with Crippen molar-refractivity contribution in [2.45, 2.75) is 37.8 Å². The zero-order chi connectivity index (χ0) is 23.0. The molecule has 7 nitrogen and oxygen atoms in total. The number of sulfonamides is 1. The highest BCUT2D eigenvalue weighted by Gasteiger charge is 2.26. The molecular formula is C24H27N3O4S. The zero-order valence-corrected chi connectivity index (χ0v) is 18.9. The van der Waals surface area contributed by atoms with Gasteiger partial charge in [-0.2, -0.15) is 4.72 Å². The van der Waals surface area contributed by atoms with Gasteiger partial charge in [0.15, 0.2) is 0 Å². The molecule has 2 aromatic carbocycles. The van der Waals surface area contributed by atoms with Crippen molar-refractivity contribution in [2.75, 3.05) is 6.61 Å². The number of hydrogen-bond acceptors (Lipinski definition) is 5. The van der Waals surface area contributed by atoms with Gasteiger partial charge in [-0.15, -0.1) is 0 Å². The molecule has 32 heavy (non-hydrogen) atoms. The summed E-state index contributed by atoms with van der Waals surface area (Å²) in [7, 11) is -3.94. The van der Waals surface area contributed by atoms with Crippen LogP contribution in [0.2, 0.25) is 0 Å². The molecule has 0 aliphatic carbocycles. The molecular weight excluding hydrogens is 426 g/mol. The second-order valence-electron chi connectivity index (χ2n) is 7.30. The maximum Gasteiger partial charge on any atom is 0.241 e. The van der Waals surface area contributed by atoms with Crippen molar-refractivity contribution in [1.82, 2.24) is 15.0 Å². The van der Waals surface area contributed by atoms with Crippen LogP contribution in [0.3, 0.4) is 0 Å². The molecule has 1 amide bonds. The molecule has 0 aliphatic heterocycles. The lowest BCUT2D eigenvalue weighted by Gasteiger charge is -2.19. The lowest BCUT2D eigenvalue weighted by molar-refractivity contribution is -0.122. The minimum Gasteiger partial charge on any atom is -0.494 e. The number of nitrogens with zero attached hydrogens (tertiary/aromatic N) is 1. The topological polar surface area (TPSA) is 97.4 Å². The van der Waals surface area contributed by atoms with Gasteiger partial charge in [0.25, 0.3) is 0 Å². The molecule has 0 radical (unpaired) electrons. The monoisotopic (exact) mass is 453 g/mol. The summed E-state index contributed by atoms with van der Waals surface area (Å²) >= 11 is 0. The molecule has 0 bridgehead atoms. The average molecular weight is 454 g/mol. The Morgan fingerprint density at radius 3 is 2.41 bits per heavy atom. The van der Waals surface area contributed by atoms with Crippen molar-refractivity contribution in [3.05, 3.63) is 89.7 Å². The molecule has 168 valence electrons. The van der Waals surface area contributed by atoms with Gasteiger partial charge in [0, 0.05) is 18.9 Å². The van der Waals surface area contributed by atoms with E-state index in [-0.39, 0.29) is 17.9 Å². The fourth-order valence-electron chi connectivity index (χ4n) is 3.21. The summed E-state index contributed by atoms with van der Waals surface area (Å²) in [5.74, 6) is 0.222. The van der Waals surface area contributed by atoms with Gasteiger partial charge in [0.2, 0.25) is 15.9 Å². The fourth-order valence-corrected chi connectivity index (χ4v) is 4.49. The molecule has 0 unspecified atom stereocenters. The molecule has 2 N–H and O–H groups in total. The predicted molar refractivity (Wildman–Crippen MR) is 123 cm³/mol. The minimum absolute atomic E-state index is 0.0819. The summed E-state index contributed by atoms with van der Waals surface area (Å²) in [5.41, 5.74) is 2.43. The Morgan fingerprint density at radius 1 is 1.03 bits per heavy atom. The molecule has 0 fully saturated rings. The van der Waals surface area contributed by atoms with Gasteiger partial charge in [-0.1, -0.05) is 30.3 Å². The standard InChI is InChI=1S/C24H27N3O4S/c1-3-31-23-10-9-21(15-18(23)2)32(29,30)27-22(16-19-7-5-4-6-8-19)24(28)26-17-20-11-13-25-14-12-20/h4-15,22,27H,3,16-17H2,1-2H3,(H,26,28)/t22-/m1/s1. The first-order valence-electron chi connectivity index (χ1n) is 10.4. The van der Waals surface area contributed by atoms with Crippen LogP contribution in [0.1, 0.15) is 23.6 Å². The van der Waals surface area contributed by atoms with E-state index in [2.05, 4.69) is 15.0 Å². The quantitative estimate of drug-likeness (QED) is 0.492. The highest BCUT2D eigenvalue weighted by atomic mass is 32.2. The molecule has 1 heterocycles. The Bertz CT molecular complexity index is 1140. The summed E-state index contributed by atoms with van der Waals surface area (Å²) in [6.45, 7) is 4.41. The number of aromatic nitrogens is 1. The summed E-state index contributed by atoms with van der Waals surface area (Å²) in [6.07, 6.45) is 3.50. The highest BCUT2D eigenvalue weighted by molar-refractivity contribution is 7.89. The molecule has 0 saturated carbocycles. The predicted octanol–water partition coefficient (Wildman–Crippen LogP) is 2.99. The van der Waals surface area contributed by atoms with Crippen LogP contribution in [0, 0.1) is 6.92 Å². The summed E-state index contributed by atoms with van der Waals surface area (Å²) in [5, 5.41) is 2.82. The van der Waals surface area contributed by atoms with Crippen molar-refractivity contribution in [1.29, 1.82) is 0 Å². The number of benzene rings is 2. The van der Waals surface area contributed by atoms with Crippen molar-refractivity contribution in [2.24, 2.45) is 0 Å². The van der Waals surface area contributed by atoms with Crippen molar-refractivity contribution in [3.63, 3.8) is 0 Å². The van der Waals surface area contributed by atoms with Crippen molar-refractivity contribution in [3.8, 4) is 5.75 Å². The van der Waals surface area contributed by atoms with Crippen LogP contribution in [0.4, 0.5) is 0 Å². The summed E-state index contributed by atoms with van der Waals surface area (Å²) in [6, 6.07) is 16.6. The Kier molecular flexibility index (Phi) is 7.97. The van der Waals surface area contributed by atoms with Crippen molar-refractivity contribution < 1.29 is 17.9 Å². The number of amides is 1. The molecule has 1 aromatic heterocycles. The second-order valence-corrected chi connectivity index (χ2v) is 9.01. The highest BCUT2D eigenvalue weighted by Crippen LogP contribution is 2.22. The van der Waals surface area contributed by atoms with Crippen LogP contribution in [-0.2, 0) is 27.8 Å². The minimum atomic E-state index is -3.94. The maximum absolute atomic E-state index is 13.1. The van der Waals surface area contributed by atoms with E-state index in [4.69, 9.17) is 4.74 Å². The third-order valence-electron chi connectivity index (χ3n) is 4.87. The molecule has 1 atom stereocenters. The third kappa shape index (κ3) is 6.38. The van der Waals surface area contributed by atoms with E-state index in [1.165, 1.54) is 6.07 Å². The number of carbonyl (C=O) groups is 1. The second kappa shape index (κ2) is 10.9. The number of rotatable bonds is 10. The number of hydrogen-bond donors (Lipinski definition) is 2. The zero-order valence-electron chi connectivity index (χ0n) is 18.1. The van der Waals surface area contributed by atoms with Crippen LogP contribution >= 0.6 is 0 Å². The number of carbonyl (C=O) groups excluding carboxylic acids is 1. The number of pyridine rings is 1. The van der Waals surface area contributed by atoms with E-state index in [1.807, 2.05) is 37.3 Å². The first kappa shape index (κ1) is 23.4. The molecule has 3 aromatic rings.